The van der Waals surface area contributed by atoms with Crippen molar-refractivity contribution in [2.45, 2.75) is 43.8 Å². The van der Waals surface area contributed by atoms with E-state index in [9.17, 15) is 19.2 Å². The lowest BCUT2D eigenvalue weighted by Gasteiger charge is -2.24. The molecule has 0 saturated carbocycles. The summed E-state index contributed by atoms with van der Waals surface area (Å²) in [5, 5.41) is 16.6. The standard InChI is InChI=1S/C17H29N7O5S/c18-4-2-1-3-11(22-14(25)6-19)15(26)23-12(5-10-7-20-9-21-10)16(27)24-13(8-30)17(28)29/h7,9,11-13,30H,1-6,8,18-19H2,(H,20,21)(H,22,25)(H,23,26)(H,24,27)(H,28,29). The third-order valence-electron chi connectivity index (χ3n) is 4.19. The summed E-state index contributed by atoms with van der Waals surface area (Å²) in [5.74, 6) is -3.19. The molecule has 0 aromatic carbocycles. The van der Waals surface area contributed by atoms with Crippen LogP contribution in [0.15, 0.2) is 12.5 Å². The number of hydrogen-bond acceptors (Lipinski definition) is 8. The Labute approximate surface area is 179 Å². The number of nitrogens with two attached hydrogens (primary N) is 2. The number of thiol groups is 1. The lowest BCUT2D eigenvalue weighted by atomic mass is 10.1. The second-order valence-corrected chi connectivity index (χ2v) is 6.90. The van der Waals surface area contributed by atoms with Gasteiger partial charge in [0.05, 0.1) is 12.9 Å². The maximum atomic E-state index is 12.8. The molecule has 1 rings (SSSR count). The maximum Gasteiger partial charge on any atom is 0.327 e. The van der Waals surface area contributed by atoms with Gasteiger partial charge in [0.25, 0.3) is 0 Å². The summed E-state index contributed by atoms with van der Waals surface area (Å²) in [6, 6.07) is -3.24. The Balaban J connectivity index is 2.94. The number of nitrogens with one attached hydrogen (secondary N) is 4. The van der Waals surface area contributed by atoms with Crippen molar-refractivity contribution in [1.82, 2.24) is 25.9 Å². The molecular weight excluding hydrogens is 414 g/mol. The fourth-order valence-corrected chi connectivity index (χ4v) is 2.82. The van der Waals surface area contributed by atoms with E-state index < -0.39 is 41.8 Å². The van der Waals surface area contributed by atoms with Gasteiger partial charge in [-0.15, -0.1) is 0 Å². The highest BCUT2D eigenvalue weighted by atomic mass is 32.1. The topological polar surface area (TPSA) is 205 Å². The van der Waals surface area contributed by atoms with Gasteiger partial charge in [-0.25, -0.2) is 9.78 Å². The number of carbonyl (C=O) groups is 4. The monoisotopic (exact) mass is 443 g/mol. The van der Waals surface area contributed by atoms with Gasteiger partial charge in [-0.05, 0) is 25.8 Å². The molecule has 3 atom stereocenters. The fraction of sp³-hybridized carbons (Fsp3) is 0.588. The zero-order chi connectivity index (χ0) is 22.5. The molecule has 0 radical (unpaired) electrons. The number of aromatic nitrogens is 2. The minimum atomic E-state index is -1.25. The molecule has 0 fully saturated rings. The van der Waals surface area contributed by atoms with Crippen LogP contribution in [-0.4, -0.2) is 75.7 Å². The molecule has 12 nitrogen and oxygen atoms in total. The number of hydrogen-bond donors (Lipinski definition) is 8. The quantitative estimate of drug-likeness (QED) is 0.114. The van der Waals surface area contributed by atoms with Crippen molar-refractivity contribution >= 4 is 36.3 Å². The predicted molar refractivity (Wildman–Crippen MR) is 112 cm³/mol. The lowest BCUT2D eigenvalue weighted by molar-refractivity contribution is -0.141. The van der Waals surface area contributed by atoms with Crippen molar-refractivity contribution in [3.8, 4) is 0 Å². The third kappa shape index (κ3) is 8.80. The summed E-state index contributed by atoms with van der Waals surface area (Å²) >= 11 is 3.92. The summed E-state index contributed by atoms with van der Waals surface area (Å²) in [7, 11) is 0. The van der Waals surface area contributed by atoms with E-state index in [4.69, 9.17) is 16.6 Å². The number of carboxylic acids is 1. The lowest BCUT2D eigenvalue weighted by Crippen LogP contribution is -2.57. The predicted octanol–water partition coefficient (Wildman–Crippen LogP) is -2.49. The van der Waals surface area contributed by atoms with Gasteiger partial charge in [0.2, 0.25) is 17.7 Å². The Morgan fingerprint density at radius 2 is 1.73 bits per heavy atom. The van der Waals surface area contributed by atoms with E-state index in [2.05, 4.69) is 38.5 Å². The molecule has 1 aromatic rings. The molecule has 0 saturated heterocycles. The Bertz CT molecular complexity index is 701. The van der Waals surface area contributed by atoms with Gasteiger partial charge >= 0.3 is 5.97 Å². The summed E-state index contributed by atoms with van der Waals surface area (Å²) in [5.41, 5.74) is 11.3. The first-order valence-electron chi connectivity index (χ1n) is 9.43. The van der Waals surface area contributed by atoms with Crippen LogP contribution in [0.4, 0.5) is 0 Å². The number of unbranched alkanes of at least 4 members (excludes halogenated alkanes) is 1. The van der Waals surface area contributed by atoms with Crippen LogP contribution < -0.4 is 27.4 Å². The van der Waals surface area contributed by atoms with Crippen molar-refractivity contribution in [3.63, 3.8) is 0 Å². The number of H-pyrrole nitrogens is 1. The molecule has 168 valence electrons. The molecule has 0 aliphatic rings. The molecule has 9 N–H and O–H groups in total. The van der Waals surface area contributed by atoms with E-state index >= 15 is 0 Å². The summed E-state index contributed by atoms with van der Waals surface area (Å²) in [4.78, 5) is 55.0. The third-order valence-corrected chi connectivity index (χ3v) is 4.56. The maximum absolute atomic E-state index is 12.8. The molecule has 13 heteroatoms. The summed E-state index contributed by atoms with van der Waals surface area (Å²) in [6.45, 7) is 0.144. The SMILES string of the molecule is NCCCCC(NC(=O)CN)C(=O)NC(Cc1cnc[nH]1)C(=O)NC(CS)C(=O)O. The first-order chi connectivity index (χ1) is 14.3. The van der Waals surface area contributed by atoms with Gasteiger partial charge in [-0.3, -0.25) is 14.4 Å². The number of imidazole rings is 1. The number of aromatic amines is 1. The van der Waals surface area contributed by atoms with Gasteiger partial charge in [0, 0.05) is 24.1 Å². The van der Waals surface area contributed by atoms with Crippen LogP contribution in [0.1, 0.15) is 25.0 Å². The molecule has 30 heavy (non-hydrogen) atoms. The van der Waals surface area contributed by atoms with Crippen molar-refractivity contribution in [2.24, 2.45) is 11.5 Å². The van der Waals surface area contributed by atoms with Crippen LogP contribution in [0.2, 0.25) is 0 Å². The molecule has 0 aliphatic heterocycles. The molecule has 0 spiro atoms. The van der Waals surface area contributed by atoms with Crippen LogP contribution in [0.25, 0.3) is 0 Å². The molecule has 1 aromatic heterocycles. The Morgan fingerprint density at radius 1 is 1.07 bits per heavy atom. The first-order valence-corrected chi connectivity index (χ1v) is 10.1. The molecule has 3 amide bonds. The molecule has 0 bridgehead atoms. The van der Waals surface area contributed by atoms with Crippen molar-refractivity contribution in [1.29, 1.82) is 0 Å². The van der Waals surface area contributed by atoms with Crippen molar-refractivity contribution < 1.29 is 24.3 Å². The molecule has 1 heterocycles. The second kappa shape index (κ2) is 13.6. The molecule has 3 unspecified atom stereocenters. The average Bonchev–Trinajstić information content (AvgIpc) is 3.23. The smallest absolute Gasteiger partial charge is 0.327 e. The summed E-state index contributed by atoms with van der Waals surface area (Å²) in [6.07, 6.45) is 4.48. The normalized spacial score (nSPS) is 13.7. The van der Waals surface area contributed by atoms with Gasteiger partial charge in [0.1, 0.15) is 18.1 Å². The van der Waals surface area contributed by atoms with E-state index in [0.717, 1.165) is 0 Å². The van der Waals surface area contributed by atoms with Gasteiger partial charge in [0.15, 0.2) is 0 Å². The van der Waals surface area contributed by atoms with Gasteiger partial charge in [-0.2, -0.15) is 12.6 Å². The highest BCUT2D eigenvalue weighted by molar-refractivity contribution is 7.80. The first kappa shape index (κ1) is 25.4. The van der Waals surface area contributed by atoms with E-state index in [1.807, 2.05) is 0 Å². The molecule has 0 aliphatic carbocycles. The van der Waals surface area contributed by atoms with Crippen LogP contribution >= 0.6 is 12.6 Å². The second-order valence-electron chi connectivity index (χ2n) is 6.53. The van der Waals surface area contributed by atoms with Gasteiger partial charge < -0.3 is 37.5 Å². The van der Waals surface area contributed by atoms with E-state index in [0.29, 0.717) is 31.5 Å². The average molecular weight is 444 g/mol. The number of nitrogens with zero attached hydrogens (tertiary/aromatic N) is 1. The summed E-state index contributed by atoms with van der Waals surface area (Å²) < 4.78 is 0. The minimum Gasteiger partial charge on any atom is -0.480 e. The number of aliphatic carboxylic acids is 1. The van der Waals surface area contributed by atoms with Crippen LogP contribution in [0.5, 0.6) is 0 Å². The van der Waals surface area contributed by atoms with E-state index in [-0.39, 0.29) is 18.7 Å². The van der Waals surface area contributed by atoms with E-state index in [1.165, 1.54) is 12.5 Å². The number of carboxylic acid groups (broad SMARTS) is 1. The van der Waals surface area contributed by atoms with Crippen molar-refractivity contribution in [2.75, 3.05) is 18.8 Å². The fourth-order valence-electron chi connectivity index (χ4n) is 2.57. The van der Waals surface area contributed by atoms with Crippen molar-refractivity contribution in [3.05, 3.63) is 18.2 Å². The zero-order valence-electron chi connectivity index (χ0n) is 16.5. The van der Waals surface area contributed by atoms with Crippen LogP contribution in [0, 0.1) is 0 Å². The molecular formula is C17H29N7O5S. The van der Waals surface area contributed by atoms with Crippen LogP contribution in [0.3, 0.4) is 0 Å². The minimum absolute atomic E-state index is 0.0385. The van der Waals surface area contributed by atoms with Gasteiger partial charge in [-0.1, -0.05) is 0 Å². The van der Waals surface area contributed by atoms with Crippen LogP contribution in [-0.2, 0) is 25.6 Å². The Kier molecular flexibility index (Phi) is 11.5. The highest BCUT2D eigenvalue weighted by Crippen LogP contribution is 2.05. The van der Waals surface area contributed by atoms with E-state index in [1.54, 1.807) is 0 Å². The number of carbonyl (C=O) groups excluding carboxylic acids is 3. The largest absolute Gasteiger partial charge is 0.480 e. The number of amides is 3. The highest BCUT2D eigenvalue weighted by Gasteiger charge is 2.29. The Hall–Kier alpha value is -2.64. The zero-order valence-corrected chi connectivity index (χ0v) is 17.4. The Morgan fingerprint density at radius 3 is 2.27 bits per heavy atom. The number of rotatable bonds is 14.